The lowest BCUT2D eigenvalue weighted by atomic mass is 10.1. The van der Waals surface area contributed by atoms with Gasteiger partial charge in [-0.15, -0.1) is 0 Å². The molecular weight excluding hydrogens is 294 g/mol. The molecule has 1 aromatic heterocycles. The monoisotopic (exact) mass is 309 g/mol. The maximum Gasteiger partial charge on any atom is 0.331 e. The number of nitro groups is 1. The Morgan fingerprint density at radius 3 is 2.71 bits per heavy atom. The van der Waals surface area contributed by atoms with Crippen molar-refractivity contribution in [2.75, 3.05) is 7.11 Å². The van der Waals surface area contributed by atoms with Crippen molar-refractivity contribution in [2.24, 2.45) is 0 Å². The molecule has 0 amide bonds. The van der Waals surface area contributed by atoms with E-state index in [1.165, 1.54) is 17.4 Å². The predicted molar refractivity (Wildman–Crippen MR) is 79.4 cm³/mol. The van der Waals surface area contributed by atoms with E-state index < -0.39 is 4.92 Å². The molecule has 0 aliphatic rings. The first-order chi connectivity index (χ1) is 10.1. The van der Waals surface area contributed by atoms with Gasteiger partial charge >= 0.3 is 5.69 Å². The second-order valence-corrected chi connectivity index (χ2v) is 4.95. The van der Waals surface area contributed by atoms with Gasteiger partial charge in [-0.2, -0.15) is 5.10 Å². The number of aromatic nitrogens is 2. The highest BCUT2D eigenvalue weighted by Crippen LogP contribution is 2.29. The molecule has 0 saturated heterocycles. The first kappa shape index (κ1) is 15.5. The largest absolute Gasteiger partial charge is 0.378 e. The smallest absolute Gasteiger partial charge is 0.331 e. The summed E-state index contributed by atoms with van der Waals surface area (Å²) in [6.45, 7) is 0.597. The topological polar surface area (TPSA) is 70.2 Å². The third-order valence-corrected chi connectivity index (χ3v) is 3.45. The zero-order valence-electron chi connectivity index (χ0n) is 11.7. The number of hydrogen-bond acceptors (Lipinski definition) is 4. The second-order valence-electron chi connectivity index (χ2n) is 4.59. The molecule has 1 aromatic carbocycles. The Morgan fingerprint density at radius 1 is 1.38 bits per heavy atom. The lowest BCUT2D eigenvalue weighted by Crippen LogP contribution is -2.02. The first-order valence-corrected chi connectivity index (χ1v) is 6.93. The normalized spacial score (nSPS) is 10.8. The summed E-state index contributed by atoms with van der Waals surface area (Å²) in [5.74, 6) is 0. The molecule has 0 radical (unpaired) electrons. The minimum absolute atomic E-state index is 0.0557. The number of aryl methyl sites for hydroxylation is 2. The van der Waals surface area contributed by atoms with E-state index >= 15 is 0 Å². The lowest BCUT2D eigenvalue weighted by molar-refractivity contribution is -0.385. The van der Waals surface area contributed by atoms with Crippen LogP contribution in [0.25, 0.3) is 0 Å². The van der Waals surface area contributed by atoms with Crippen LogP contribution in [0.5, 0.6) is 0 Å². The minimum Gasteiger partial charge on any atom is -0.378 e. The van der Waals surface area contributed by atoms with Gasteiger partial charge in [-0.1, -0.05) is 41.9 Å². The van der Waals surface area contributed by atoms with E-state index in [0.717, 1.165) is 12.8 Å². The van der Waals surface area contributed by atoms with Gasteiger partial charge in [0.1, 0.15) is 0 Å². The van der Waals surface area contributed by atoms with Gasteiger partial charge < -0.3 is 4.74 Å². The Balaban J connectivity index is 2.06. The summed E-state index contributed by atoms with van der Waals surface area (Å²) in [5, 5.41) is 15.3. The number of methoxy groups -OCH3 is 1. The first-order valence-electron chi connectivity index (χ1n) is 6.56. The second kappa shape index (κ2) is 7.19. The summed E-state index contributed by atoms with van der Waals surface area (Å²) < 4.78 is 6.39. The van der Waals surface area contributed by atoms with Crippen LogP contribution in [0.4, 0.5) is 5.69 Å². The predicted octanol–water partition coefficient (Wildman–Crippen LogP) is 3.22. The number of ether oxygens (including phenoxy) is 1. The molecular formula is C14H16ClN3O3. The number of rotatable bonds is 7. The number of hydrogen-bond donors (Lipinski definition) is 0. The van der Waals surface area contributed by atoms with Crippen molar-refractivity contribution < 1.29 is 9.66 Å². The Hall–Kier alpha value is -1.92. The molecule has 7 heteroatoms. The standard InChI is InChI=1S/C14H16ClN3O3/c1-21-10-12-13(18(19)20)14(15)17(16-12)9-5-8-11-6-3-2-4-7-11/h2-4,6-7H,5,8-10H2,1H3. The molecule has 0 aliphatic heterocycles. The van der Waals surface area contributed by atoms with Gasteiger partial charge in [0.2, 0.25) is 5.15 Å². The summed E-state index contributed by atoms with van der Waals surface area (Å²) in [6, 6.07) is 10.0. The van der Waals surface area contributed by atoms with Crippen LogP contribution in [0.3, 0.4) is 0 Å². The molecule has 0 spiro atoms. The van der Waals surface area contributed by atoms with E-state index in [4.69, 9.17) is 16.3 Å². The Kier molecular flexibility index (Phi) is 5.30. The van der Waals surface area contributed by atoms with Gasteiger partial charge in [-0.3, -0.25) is 10.1 Å². The maximum atomic E-state index is 11.0. The average Bonchev–Trinajstić information content (AvgIpc) is 2.77. The molecule has 0 unspecified atom stereocenters. The van der Waals surface area contributed by atoms with Crippen LogP contribution in [-0.4, -0.2) is 21.8 Å². The summed E-state index contributed by atoms with van der Waals surface area (Å²) >= 11 is 6.05. The molecule has 2 aromatic rings. The van der Waals surface area contributed by atoms with Crippen LogP contribution < -0.4 is 0 Å². The van der Waals surface area contributed by atoms with E-state index in [1.807, 2.05) is 30.3 Å². The lowest BCUT2D eigenvalue weighted by Gasteiger charge is -2.03. The zero-order valence-corrected chi connectivity index (χ0v) is 12.4. The Morgan fingerprint density at radius 2 is 2.10 bits per heavy atom. The molecule has 112 valence electrons. The molecule has 0 saturated carbocycles. The van der Waals surface area contributed by atoms with Gasteiger partial charge in [0.05, 0.1) is 11.5 Å². The van der Waals surface area contributed by atoms with Gasteiger partial charge in [0, 0.05) is 13.7 Å². The molecule has 0 bridgehead atoms. The zero-order chi connectivity index (χ0) is 15.2. The fourth-order valence-electron chi connectivity index (χ4n) is 2.12. The number of benzene rings is 1. The van der Waals surface area contributed by atoms with Gasteiger partial charge in [-0.25, -0.2) is 4.68 Å². The molecule has 0 fully saturated rings. The van der Waals surface area contributed by atoms with Crippen molar-refractivity contribution >= 4 is 17.3 Å². The molecule has 21 heavy (non-hydrogen) atoms. The van der Waals surface area contributed by atoms with E-state index in [2.05, 4.69) is 5.10 Å². The van der Waals surface area contributed by atoms with Crippen molar-refractivity contribution in [3.8, 4) is 0 Å². The van der Waals surface area contributed by atoms with Crippen LogP contribution in [0.2, 0.25) is 5.15 Å². The van der Waals surface area contributed by atoms with Gasteiger partial charge in [-0.05, 0) is 18.4 Å². The molecule has 6 nitrogen and oxygen atoms in total. The highest BCUT2D eigenvalue weighted by atomic mass is 35.5. The van der Waals surface area contributed by atoms with Gasteiger partial charge in [0.15, 0.2) is 5.69 Å². The van der Waals surface area contributed by atoms with E-state index in [1.54, 1.807) is 0 Å². The van der Waals surface area contributed by atoms with Crippen molar-refractivity contribution in [3.05, 3.63) is 56.9 Å². The van der Waals surface area contributed by atoms with Crippen LogP contribution in [0.1, 0.15) is 17.7 Å². The molecule has 0 atom stereocenters. The maximum absolute atomic E-state index is 11.0. The highest BCUT2D eigenvalue weighted by Gasteiger charge is 2.26. The molecule has 2 rings (SSSR count). The quantitative estimate of drug-likeness (QED) is 0.581. The van der Waals surface area contributed by atoms with E-state index in [0.29, 0.717) is 6.54 Å². The molecule has 0 aliphatic carbocycles. The molecule has 1 heterocycles. The van der Waals surface area contributed by atoms with Crippen molar-refractivity contribution in [1.82, 2.24) is 9.78 Å². The van der Waals surface area contributed by atoms with Crippen LogP contribution in [-0.2, 0) is 24.3 Å². The summed E-state index contributed by atoms with van der Waals surface area (Å²) in [5.41, 5.74) is 1.30. The number of halogens is 1. The fraction of sp³-hybridized carbons (Fsp3) is 0.357. The van der Waals surface area contributed by atoms with Crippen LogP contribution >= 0.6 is 11.6 Å². The third-order valence-electron chi connectivity index (χ3n) is 3.08. The SMILES string of the molecule is COCc1nn(CCCc2ccccc2)c(Cl)c1[N+](=O)[O-]. The average molecular weight is 310 g/mol. The fourth-order valence-corrected chi connectivity index (χ4v) is 2.42. The third kappa shape index (κ3) is 3.80. The summed E-state index contributed by atoms with van der Waals surface area (Å²) in [4.78, 5) is 10.5. The Bertz CT molecular complexity index is 613. The molecule has 0 N–H and O–H groups in total. The summed E-state index contributed by atoms with van der Waals surface area (Å²) in [6.07, 6.45) is 1.67. The Labute approximate surface area is 127 Å². The van der Waals surface area contributed by atoms with Crippen molar-refractivity contribution in [1.29, 1.82) is 0 Å². The highest BCUT2D eigenvalue weighted by molar-refractivity contribution is 6.31. The number of nitrogens with zero attached hydrogens (tertiary/aromatic N) is 3. The van der Waals surface area contributed by atoms with Crippen LogP contribution in [0.15, 0.2) is 30.3 Å². The van der Waals surface area contributed by atoms with E-state index in [-0.39, 0.29) is 23.1 Å². The van der Waals surface area contributed by atoms with Crippen molar-refractivity contribution in [3.63, 3.8) is 0 Å². The summed E-state index contributed by atoms with van der Waals surface area (Å²) in [7, 11) is 1.46. The van der Waals surface area contributed by atoms with Crippen LogP contribution in [0, 0.1) is 10.1 Å². The van der Waals surface area contributed by atoms with Gasteiger partial charge in [0.25, 0.3) is 0 Å². The minimum atomic E-state index is -0.516. The van der Waals surface area contributed by atoms with Crippen molar-refractivity contribution in [2.45, 2.75) is 26.0 Å². The van der Waals surface area contributed by atoms with E-state index in [9.17, 15) is 10.1 Å².